The van der Waals surface area contributed by atoms with Crippen LogP contribution < -0.4 is 10.1 Å². The van der Waals surface area contributed by atoms with Gasteiger partial charge < -0.3 is 18.9 Å². The molecule has 0 atom stereocenters. The Labute approximate surface area is 188 Å². The van der Waals surface area contributed by atoms with Crippen molar-refractivity contribution in [2.24, 2.45) is 0 Å². The number of hydrogen-bond donors (Lipinski definition) is 1. The molecule has 0 spiro atoms. The number of rotatable bonds is 7. The second kappa shape index (κ2) is 9.27. The average molecular weight is 480 g/mol. The Morgan fingerprint density at radius 1 is 1.16 bits per heavy atom. The van der Waals surface area contributed by atoms with Crippen LogP contribution in [0.5, 0.6) is 5.75 Å². The molecular weight excluding hydrogens is 458 g/mol. The number of furan rings is 2. The topological polar surface area (TPSA) is 64.6 Å². The summed E-state index contributed by atoms with van der Waals surface area (Å²) in [7, 11) is 0. The van der Waals surface area contributed by atoms with E-state index in [1.807, 2.05) is 56.3 Å². The molecule has 0 aliphatic rings. The third-order valence-corrected chi connectivity index (χ3v) is 5.39. The number of benzene rings is 2. The summed E-state index contributed by atoms with van der Waals surface area (Å²) >= 11 is 3.53. The van der Waals surface area contributed by atoms with Crippen molar-refractivity contribution in [3.05, 3.63) is 82.9 Å². The monoisotopic (exact) mass is 479 g/mol. The van der Waals surface area contributed by atoms with Crippen LogP contribution in [0.15, 0.2) is 80.4 Å². The number of carbonyl (C=O) groups excluding carboxylic acids is 1. The Morgan fingerprint density at radius 3 is 2.77 bits per heavy atom. The van der Waals surface area contributed by atoms with Gasteiger partial charge in [0.2, 0.25) is 5.91 Å². The Morgan fingerprint density at radius 2 is 2.03 bits per heavy atom. The van der Waals surface area contributed by atoms with E-state index in [-0.39, 0.29) is 5.91 Å². The smallest absolute Gasteiger partial charge is 0.244 e. The van der Waals surface area contributed by atoms with Gasteiger partial charge in [0.25, 0.3) is 0 Å². The zero-order chi connectivity index (χ0) is 21.8. The molecular formula is C25H22BrNO4. The lowest BCUT2D eigenvalue weighted by atomic mass is 9.99. The number of amides is 1. The molecule has 4 rings (SSSR count). The van der Waals surface area contributed by atoms with Crippen LogP contribution in [-0.2, 0) is 11.3 Å². The average Bonchev–Trinajstić information content (AvgIpc) is 3.41. The summed E-state index contributed by atoms with van der Waals surface area (Å²) in [5, 5.41) is 3.80. The number of nitrogens with one attached hydrogen (secondary N) is 1. The number of ether oxygens (including phenoxy) is 1. The highest BCUT2D eigenvalue weighted by atomic mass is 79.9. The molecule has 0 unspecified atom stereocenters. The van der Waals surface area contributed by atoms with E-state index in [1.165, 1.54) is 0 Å². The molecule has 0 bridgehead atoms. The van der Waals surface area contributed by atoms with Gasteiger partial charge in [-0.15, -0.1) is 0 Å². The number of allylic oxidation sites excluding steroid dienone is 1. The maximum absolute atomic E-state index is 12.4. The van der Waals surface area contributed by atoms with Crippen molar-refractivity contribution in [1.82, 2.24) is 5.32 Å². The van der Waals surface area contributed by atoms with Crippen molar-refractivity contribution < 1.29 is 18.4 Å². The number of carbonyl (C=O) groups is 1. The first-order valence-electron chi connectivity index (χ1n) is 9.98. The highest BCUT2D eigenvalue weighted by Crippen LogP contribution is 2.38. The maximum atomic E-state index is 12.4. The predicted octanol–water partition coefficient (Wildman–Crippen LogP) is 6.57. The fraction of sp³-hybridized carbons (Fsp3) is 0.160. The summed E-state index contributed by atoms with van der Waals surface area (Å²) in [6.45, 7) is 4.67. The molecule has 158 valence electrons. The SMILES string of the molecule is CCOc1cc2occ(-c3cccc(Br)c3)c2cc1/C(C)=C/C(=O)NCc1ccco1. The van der Waals surface area contributed by atoms with Gasteiger partial charge in [-0.05, 0) is 55.3 Å². The summed E-state index contributed by atoms with van der Waals surface area (Å²) in [4.78, 5) is 12.4. The first-order valence-corrected chi connectivity index (χ1v) is 10.8. The molecule has 0 aliphatic carbocycles. The van der Waals surface area contributed by atoms with Gasteiger partial charge in [0.1, 0.15) is 17.1 Å². The van der Waals surface area contributed by atoms with Crippen LogP contribution in [0.1, 0.15) is 25.2 Å². The summed E-state index contributed by atoms with van der Waals surface area (Å²) in [6, 6.07) is 15.6. The van der Waals surface area contributed by atoms with Gasteiger partial charge in [0, 0.05) is 33.1 Å². The maximum Gasteiger partial charge on any atom is 0.244 e. The molecule has 4 aromatic rings. The van der Waals surface area contributed by atoms with E-state index < -0.39 is 0 Å². The van der Waals surface area contributed by atoms with E-state index in [9.17, 15) is 4.79 Å². The Balaban J connectivity index is 1.69. The standard InChI is InChI=1S/C25H22BrNO4/c1-3-29-23-13-24-21(22(15-31-24)17-6-4-7-18(26)11-17)12-20(23)16(2)10-25(28)27-14-19-8-5-9-30-19/h4-13,15H,3,14H2,1-2H3,(H,27,28)/b16-10+. The summed E-state index contributed by atoms with van der Waals surface area (Å²) < 4.78 is 17.9. The summed E-state index contributed by atoms with van der Waals surface area (Å²) in [5.74, 6) is 1.18. The van der Waals surface area contributed by atoms with Crippen LogP contribution in [0.2, 0.25) is 0 Å². The summed E-state index contributed by atoms with van der Waals surface area (Å²) in [5.41, 5.74) is 4.40. The minimum atomic E-state index is -0.198. The molecule has 0 fully saturated rings. The largest absolute Gasteiger partial charge is 0.493 e. The fourth-order valence-electron chi connectivity index (χ4n) is 3.43. The minimum Gasteiger partial charge on any atom is -0.493 e. The molecule has 0 saturated heterocycles. The van der Waals surface area contributed by atoms with Crippen molar-refractivity contribution in [2.45, 2.75) is 20.4 Å². The molecule has 2 heterocycles. The van der Waals surface area contributed by atoms with Gasteiger partial charge in [-0.3, -0.25) is 4.79 Å². The first kappa shape index (κ1) is 21.0. The zero-order valence-electron chi connectivity index (χ0n) is 17.3. The second-order valence-electron chi connectivity index (χ2n) is 7.06. The van der Waals surface area contributed by atoms with Crippen LogP contribution in [0.4, 0.5) is 0 Å². The van der Waals surface area contributed by atoms with Crippen molar-refractivity contribution in [1.29, 1.82) is 0 Å². The van der Waals surface area contributed by atoms with Crippen molar-refractivity contribution in [2.75, 3.05) is 6.61 Å². The molecule has 0 aliphatic heterocycles. The van der Waals surface area contributed by atoms with E-state index in [4.69, 9.17) is 13.6 Å². The van der Waals surface area contributed by atoms with Gasteiger partial charge in [0.05, 0.1) is 25.7 Å². The van der Waals surface area contributed by atoms with Gasteiger partial charge in [-0.25, -0.2) is 0 Å². The molecule has 2 aromatic heterocycles. The molecule has 31 heavy (non-hydrogen) atoms. The Bertz CT molecular complexity index is 1240. The van der Waals surface area contributed by atoms with E-state index in [2.05, 4.69) is 21.2 Å². The molecule has 0 radical (unpaired) electrons. The van der Waals surface area contributed by atoms with Gasteiger partial charge >= 0.3 is 0 Å². The molecule has 1 amide bonds. The summed E-state index contributed by atoms with van der Waals surface area (Å²) in [6.07, 6.45) is 4.91. The third-order valence-electron chi connectivity index (χ3n) is 4.90. The molecule has 6 heteroatoms. The lowest BCUT2D eigenvalue weighted by molar-refractivity contribution is -0.116. The van der Waals surface area contributed by atoms with Crippen LogP contribution in [-0.4, -0.2) is 12.5 Å². The Hall–Kier alpha value is -3.25. The number of fused-ring (bicyclic) bond motifs is 1. The number of halogens is 1. The van der Waals surface area contributed by atoms with Crippen LogP contribution in [0.3, 0.4) is 0 Å². The van der Waals surface area contributed by atoms with E-state index in [1.54, 1.807) is 24.7 Å². The first-order chi connectivity index (χ1) is 15.0. The fourth-order valence-corrected chi connectivity index (χ4v) is 3.83. The molecule has 2 aromatic carbocycles. The van der Waals surface area contributed by atoms with Gasteiger partial charge in [0.15, 0.2) is 0 Å². The zero-order valence-corrected chi connectivity index (χ0v) is 18.9. The predicted molar refractivity (Wildman–Crippen MR) is 125 cm³/mol. The van der Waals surface area contributed by atoms with Gasteiger partial charge in [-0.2, -0.15) is 0 Å². The highest BCUT2D eigenvalue weighted by Gasteiger charge is 2.15. The minimum absolute atomic E-state index is 0.198. The molecule has 0 saturated carbocycles. The highest BCUT2D eigenvalue weighted by molar-refractivity contribution is 9.10. The lowest BCUT2D eigenvalue weighted by Crippen LogP contribution is -2.20. The van der Waals surface area contributed by atoms with Gasteiger partial charge in [-0.1, -0.05) is 28.1 Å². The van der Waals surface area contributed by atoms with Crippen molar-refractivity contribution in [3.63, 3.8) is 0 Å². The van der Waals surface area contributed by atoms with E-state index in [0.29, 0.717) is 24.7 Å². The molecule has 5 nitrogen and oxygen atoms in total. The Kier molecular flexibility index (Phi) is 6.28. The lowest BCUT2D eigenvalue weighted by Gasteiger charge is -2.12. The van der Waals surface area contributed by atoms with Crippen LogP contribution >= 0.6 is 15.9 Å². The van der Waals surface area contributed by atoms with Crippen molar-refractivity contribution in [3.8, 4) is 16.9 Å². The van der Waals surface area contributed by atoms with Crippen molar-refractivity contribution >= 4 is 38.4 Å². The number of hydrogen-bond acceptors (Lipinski definition) is 4. The second-order valence-corrected chi connectivity index (χ2v) is 7.98. The quantitative estimate of drug-likeness (QED) is 0.304. The third kappa shape index (κ3) is 4.75. The van der Waals surface area contributed by atoms with E-state index in [0.717, 1.165) is 37.7 Å². The van der Waals surface area contributed by atoms with E-state index >= 15 is 0 Å². The van der Waals surface area contributed by atoms with Crippen LogP contribution in [0, 0.1) is 0 Å². The van der Waals surface area contributed by atoms with Crippen LogP contribution in [0.25, 0.3) is 27.7 Å². The molecule has 1 N–H and O–H groups in total. The normalized spacial score (nSPS) is 11.6.